The fourth-order valence-corrected chi connectivity index (χ4v) is 8.52. The van der Waals surface area contributed by atoms with Crippen molar-refractivity contribution in [3.8, 4) is 0 Å². The molecule has 6 rings (SSSR count). The van der Waals surface area contributed by atoms with Crippen molar-refractivity contribution in [3.05, 3.63) is 65.1 Å². The number of nitrogens with one attached hydrogen (secondary N) is 1. The number of alkyl halides is 1. The number of hydrogen-bond acceptors (Lipinski definition) is 6. The summed E-state index contributed by atoms with van der Waals surface area (Å²) in [5.41, 5.74) is 2.91. The molecule has 10 nitrogen and oxygen atoms in total. The minimum Gasteiger partial charge on any atom is -0.481 e. The van der Waals surface area contributed by atoms with Crippen LogP contribution in [0.1, 0.15) is 53.6 Å². The number of rotatable bonds is 12. The van der Waals surface area contributed by atoms with Crippen LogP contribution < -0.4 is 5.32 Å². The largest absolute Gasteiger partial charge is 0.481 e. The quantitative estimate of drug-likeness (QED) is 0.193. The minimum absolute atomic E-state index is 0.0135. The van der Waals surface area contributed by atoms with Gasteiger partial charge in [-0.15, -0.1) is 0 Å². The van der Waals surface area contributed by atoms with Crippen LogP contribution >= 0.6 is 22.6 Å². The summed E-state index contributed by atoms with van der Waals surface area (Å²) in [4.78, 5) is 45.2. The SMILES string of the molecule is CN(C)CC1CN([C@H]2C[C@@H](CO[C@H]3CC[C@H](C(=O)O)CC3)N(C(=O)Cc3cc(CI)c(NC(=O)c4cn(C)c5ccccc45)cc3F)C2)C1. The fraction of sp³-hybridized carbons (Fsp3) is 0.541. The van der Waals surface area contributed by atoms with E-state index in [-0.39, 0.29) is 42.3 Å². The zero-order chi connectivity index (χ0) is 34.8. The molecule has 49 heavy (non-hydrogen) atoms. The van der Waals surface area contributed by atoms with Gasteiger partial charge < -0.3 is 29.5 Å². The first-order valence-electron chi connectivity index (χ1n) is 17.3. The van der Waals surface area contributed by atoms with Gasteiger partial charge in [0.05, 0.1) is 36.7 Å². The highest BCUT2D eigenvalue weighted by Crippen LogP contribution is 2.32. The third kappa shape index (κ3) is 8.13. The van der Waals surface area contributed by atoms with Gasteiger partial charge in [-0.25, -0.2) is 4.39 Å². The maximum absolute atomic E-state index is 15.7. The van der Waals surface area contributed by atoms with Crippen LogP contribution in [0.4, 0.5) is 10.1 Å². The number of para-hydroxylation sites is 1. The molecule has 2 atom stereocenters. The lowest BCUT2D eigenvalue weighted by atomic mass is 9.87. The Labute approximate surface area is 301 Å². The van der Waals surface area contributed by atoms with Crippen LogP contribution in [0.5, 0.6) is 0 Å². The number of carbonyl (C=O) groups is 3. The second-order valence-electron chi connectivity index (χ2n) is 14.4. The number of aromatic nitrogens is 1. The van der Waals surface area contributed by atoms with Gasteiger partial charge in [-0.1, -0.05) is 40.8 Å². The Kier molecular flexibility index (Phi) is 11.3. The second kappa shape index (κ2) is 15.4. The number of nitrogens with zero attached hydrogens (tertiary/aromatic N) is 4. The number of halogens is 2. The van der Waals surface area contributed by atoms with E-state index in [0.717, 1.165) is 42.5 Å². The first kappa shape index (κ1) is 35.7. The Morgan fingerprint density at radius 3 is 2.49 bits per heavy atom. The maximum atomic E-state index is 15.7. The highest BCUT2D eigenvalue weighted by molar-refractivity contribution is 14.1. The number of carbonyl (C=O) groups excluding carboxylic acids is 2. The lowest BCUT2D eigenvalue weighted by Crippen LogP contribution is -2.55. The number of aliphatic carboxylic acids is 1. The van der Waals surface area contributed by atoms with Gasteiger partial charge in [0.15, 0.2) is 0 Å². The first-order chi connectivity index (χ1) is 23.5. The molecule has 3 aliphatic rings. The number of hydrogen-bond donors (Lipinski definition) is 2. The number of anilines is 1. The summed E-state index contributed by atoms with van der Waals surface area (Å²) in [6.45, 7) is 4.00. The Bertz CT molecular complexity index is 1680. The molecular formula is C37H47FIN5O5. The van der Waals surface area contributed by atoms with E-state index in [1.165, 1.54) is 6.07 Å². The van der Waals surface area contributed by atoms with Crippen molar-refractivity contribution >= 4 is 57.0 Å². The summed E-state index contributed by atoms with van der Waals surface area (Å²) in [5.74, 6) is -1.42. The molecule has 2 N–H and O–H groups in total. The highest BCUT2D eigenvalue weighted by Gasteiger charge is 2.42. The average Bonchev–Trinajstić information content (AvgIpc) is 3.64. The van der Waals surface area contributed by atoms with Crippen molar-refractivity contribution in [3.63, 3.8) is 0 Å². The van der Waals surface area contributed by atoms with Crippen LogP contribution in [0.15, 0.2) is 42.6 Å². The molecule has 1 aromatic heterocycles. The number of amides is 2. The second-order valence-corrected chi connectivity index (χ2v) is 15.1. The number of aryl methyl sites for hydroxylation is 1. The summed E-state index contributed by atoms with van der Waals surface area (Å²) in [7, 11) is 6.06. The van der Waals surface area contributed by atoms with Crippen molar-refractivity contribution < 1.29 is 28.6 Å². The molecule has 12 heteroatoms. The summed E-state index contributed by atoms with van der Waals surface area (Å²) in [5, 5.41) is 13.1. The van der Waals surface area contributed by atoms with Crippen molar-refractivity contribution in [2.24, 2.45) is 18.9 Å². The van der Waals surface area contributed by atoms with Crippen molar-refractivity contribution in [1.29, 1.82) is 0 Å². The number of likely N-dealkylation sites (tertiary alicyclic amines) is 2. The Hall–Kier alpha value is -3.07. The zero-order valence-electron chi connectivity index (χ0n) is 28.5. The van der Waals surface area contributed by atoms with Gasteiger partial charge in [-0.3, -0.25) is 19.3 Å². The van der Waals surface area contributed by atoms with Crippen molar-refractivity contribution in [1.82, 2.24) is 19.3 Å². The van der Waals surface area contributed by atoms with Crippen LogP contribution in [0, 0.1) is 17.7 Å². The fourth-order valence-electron chi connectivity index (χ4n) is 7.89. The molecular weight excluding hydrogens is 740 g/mol. The van der Waals surface area contributed by atoms with Gasteiger partial charge in [0.2, 0.25) is 5.91 Å². The standard InChI is InChI=1S/C37H47FIN5O5/c1-41(2)17-23-18-43(19-23)27-14-28(22-49-29-10-8-24(9-11-29)37(47)48)44(20-27)35(45)13-25-12-26(16-39)33(15-32(25)38)40-36(46)31-21-42(3)34-7-5-4-6-30(31)34/h4-7,12,15,21,23-24,27-29H,8-11,13-14,16-20,22H2,1-3H3,(H,40,46)(H,47,48)/t24-,27-,28-,29-/m0/s1. The van der Waals surface area contributed by atoms with E-state index in [2.05, 4.69) is 51.8 Å². The summed E-state index contributed by atoms with van der Waals surface area (Å²) < 4.78 is 24.5. The molecule has 1 aliphatic carbocycles. The normalized spacial score (nSPS) is 23.3. The summed E-state index contributed by atoms with van der Waals surface area (Å²) >= 11 is 2.20. The van der Waals surface area contributed by atoms with Crippen LogP contribution in [0.3, 0.4) is 0 Å². The Morgan fingerprint density at radius 1 is 1.06 bits per heavy atom. The molecule has 3 fully saturated rings. The number of benzene rings is 2. The third-order valence-corrected chi connectivity index (χ3v) is 11.4. The zero-order valence-corrected chi connectivity index (χ0v) is 30.7. The number of carboxylic acids is 1. The molecule has 1 saturated carbocycles. The first-order valence-corrected chi connectivity index (χ1v) is 18.8. The summed E-state index contributed by atoms with van der Waals surface area (Å²) in [6.07, 6.45) is 5.09. The lowest BCUT2D eigenvalue weighted by molar-refractivity contribution is -0.144. The molecule has 3 aromatic rings. The monoisotopic (exact) mass is 787 g/mol. The number of carboxylic acid groups (broad SMARTS) is 1. The molecule has 2 aromatic carbocycles. The highest BCUT2D eigenvalue weighted by atomic mass is 127. The van der Waals surface area contributed by atoms with E-state index >= 15 is 4.39 Å². The molecule has 0 bridgehead atoms. The molecule has 2 saturated heterocycles. The predicted molar refractivity (Wildman–Crippen MR) is 196 cm³/mol. The molecule has 2 amide bonds. The maximum Gasteiger partial charge on any atom is 0.306 e. The molecule has 264 valence electrons. The molecule has 2 aliphatic heterocycles. The van der Waals surface area contributed by atoms with E-state index < -0.39 is 11.8 Å². The topological polar surface area (TPSA) is 107 Å². The number of ether oxygens (including phenoxy) is 1. The number of fused-ring (bicyclic) bond motifs is 1. The van der Waals surface area contributed by atoms with Gasteiger partial charge >= 0.3 is 5.97 Å². The molecule has 0 spiro atoms. The van der Waals surface area contributed by atoms with Gasteiger partial charge in [0, 0.05) is 66.5 Å². The molecule has 3 heterocycles. The van der Waals surface area contributed by atoms with E-state index in [1.54, 1.807) is 12.3 Å². The van der Waals surface area contributed by atoms with Crippen molar-refractivity contribution in [2.45, 2.75) is 61.1 Å². The Balaban J connectivity index is 1.14. The Morgan fingerprint density at radius 2 is 1.80 bits per heavy atom. The van der Waals surface area contributed by atoms with Gasteiger partial charge in [-0.05, 0) is 81.4 Å². The molecule has 0 unspecified atom stereocenters. The average molecular weight is 788 g/mol. The lowest BCUT2D eigenvalue weighted by Gasteiger charge is -2.44. The van der Waals surface area contributed by atoms with E-state index in [0.29, 0.717) is 66.0 Å². The van der Waals surface area contributed by atoms with Crippen LogP contribution in [0.25, 0.3) is 10.9 Å². The van der Waals surface area contributed by atoms with Crippen LogP contribution in [-0.2, 0) is 32.2 Å². The van der Waals surface area contributed by atoms with Gasteiger partial charge in [0.25, 0.3) is 5.91 Å². The van der Waals surface area contributed by atoms with Gasteiger partial charge in [0.1, 0.15) is 5.82 Å². The summed E-state index contributed by atoms with van der Waals surface area (Å²) in [6, 6.07) is 10.8. The third-order valence-electron chi connectivity index (χ3n) is 10.5. The van der Waals surface area contributed by atoms with Gasteiger partial charge in [-0.2, -0.15) is 0 Å². The van der Waals surface area contributed by atoms with E-state index in [9.17, 15) is 19.5 Å². The molecule has 0 radical (unpaired) electrons. The minimum atomic E-state index is -0.742. The van der Waals surface area contributed by atoms with Crippen molar-refractivity contribution in [2.75, 3.05) is 52.2 Å². The van der Waals surface area contributed by atoms with Crippen LogP contribution in [0.2, 0.25) is 0 Å². The van der Waals surface area contributed by atoms with E-state index in [1.807, 2.05) is 40.8 Å². The van der Waals surface area contributed by atoms with Crippen LogP contribution in [-0.4, -0.2) is 107 Å². The predicted octanol–water partition coefficient (Wildman–Crippen LogP) is 5.17. The van der Waals surface area contributed by atoms with E-state index in [4.69, 9.17) is 4.74 Å². The smallest absolute Gasteiger partial charge is 0.306 e.